The number of nitrogens with one attached hydrogen (secondary N) is 1. The maximum Gasteiger partial charge on any atom is 0.397 e. The summed E-state index contributed by atoms with van der Waals surface area (Å²) in [4.78, 5) is 13.0. The Morgan fingerprint density at radius 3 is 1.98 bits per heavy atom. The number of hydrogen-bond acceptors (Lipinski definition) is 11. The lowest BCUT2D eigenvalue weighted by atomic mass is 9.99. The third-order valence-electron chi connectivity index (χ3n) is 8.94. The van der Waals surface area contributed by atoms with Crippen LogP contribution < -0.4 is 5.32 Å². The van der Waals surface area contributed by atoms with Crippen molar-refractivity contribution in [1.82, 2.24) is 5.32 Å². The average Bonchev–Trinajstić information content (AvgIpc) is 3.12. The fourth-order valence-corrected chi connectivity index (χ4v) is 6.23. The van der Waals surface area contributed by atoms with E-state index in [-0.39, 0.29) is 6.42 Å². The van der Waals surface area contributed by atoms with Crippen LogP contribution in [0.4, 0.5) is 0 Å². The molecule has 0 bridgehead atoms. The Kier molecular flexibility index (Phi) is 28.0. The molecular formula is C39H69NO12S. The van der Waals surface area contributed by atoms with E-state index in [1.54, 1.807) is 6.08 Å². The zero-order valence-corrected chi connectivity index (χ0v) is 32.7. The van der Waals surface area contributed by atoms with Gasteiger partial charge in [-0.05, 0) is 57.8 Å². The monoisotopic (exact) mass is 775 g/mol. The number of carbonyl (C=O) groups excluding carboxylic acids is 1. The Morgan fingerprint density at radius 1 is 0.774 bits per heavy atom. The van der Waals surface area contributed by atoms with Gasteiger partial charge in [-0.3, -0.25) is 9.35 Å². The second-order valence-corrected chi connectivity index (χ2v) is 14.7. The van der Waals surface area contributed by atoms with Crippen molar-refractivity contribution in [3.05, 3.63) is 48.6 Å². The molecule has 8 unspecified atom stereocenters. The topological polar surface area (TPSA) is 212 Å². The number of amides is 1. The molecule has 0 spiro atoms. The van der Waals surface area contributed by atoms with E-state index in [1.165, 1.54) is 25.3 Å². The molecule has 14 heteroatoms. The third-order valence-corrected chi connectivity index (χ3v) is 9.41. The molecule has 308 valence electrons. The zero-order valence-electron chi connectivity index (χ0n) is 31.9. The maximum absolute atomic E-state index is 13.0. The number of aliphatic hydroxyl groups excluding tert-OH is 5. The molecule has 0 radical (unpaired) electrons. The fourth-order valence-electron chi connectivity index (χ4n) is 5.72. The molecule has 1 aliphatic rings. The van der Waals surface area contributed by atoms with Gasteiger partial charge in [-0.25, -0.2) is 4.18 Å². The van der Waals surface area contributed by atoms with E-state index in [9.17, 15) is 38.7 Å². The highest BCUT2D eigenvalue weighted by Crippen LogP contribution is 2.26. The van der Waals surface area contributed by atoms with E-state index in [1.807, 2.05) is 0 Å². The van der Waals surface area contributed by atoms with Crippen LogP contribution >= 0.6 is 0 Å². The standard InChI is InChI=1S/C39H69NO12S/c1-3-5-7-9-11-13-14-15-16-17-18-19-20-22-24-26-28-33(43)38(46)40-31(32(42)27-25-23-21-12-10-8-6-4-2)30-50-39-36(45)37(52-53(47,48)49)35(44)34(29-41)51-39/h10-13,15-16,25,27,31-37,39,41-45H,3-9,14,17-24,26,28-30H2,1-2H3,(H,40,46)(H,47,48,49)/b12-10+,13-11-,16-15-,27-25+. The minimum Gasteiger partial charge on any atom is -0.394 e. The summed E-state index contributed by atoms with van der Waals surface area (Å²) in [5, 5.41) is 54.7. The molecule has 1 saturated heterocycles. The van der Waals surface area contributed by atoms with Gasteiger partial charge in [0.2, 0.25) is 5.91 Å². The average molecular weight is 776 g/mol. The molecule has 1 rings (SSSR count). The SMILES string of the molecule is CCCC/C=C/CC/C=C/C(O)C(COC1OC(CO)C(O)C(OS(=O)(=O)O)C1O)NC(=O)C(O)CCCCCCCC/C=C\C/C=C\CCCCC. The lowest BCUT2D eigenvalue weighted by Crippen LogP contribution is -2.61. The number of unbranched alkanes of at least 4 members (excludes halogenated alkanes) is 12. The highest BCUT2D eigenvalue weighted by atomic mass is 32.3. The first-order valence-corrected chi connectivity index (χ1v) is 21.0. The van der Waals surface area contributed by atoms with Crippen LogP contribution in [0.3, 0.4) is 0 Å². The smallest absolute Gasteiger partial charge is 0.394 e. The van der Waals surface area contributed by atoms with E-state index in [0.29, 0.717) is 12.8 Å². The van der Waals surface area contributed by atoms with Gasteiger partial charge in [0.1, 0.15) is 30.5 Å². The van der Waals surface area contributed by atoms with Crippen molar-refractivity contribution in [2.75, 3.05) is 13.2 Å². The van der Waals surface area contributed by atoms with E-state index in [0.717, 1.165) is 77.0 Å². The Labute approximate surface area is 318 Å². The normalized spacial score (nSPS) is 23.1. The van der Waals surface area contributed by atoms with Crippen molar-refractivity contribution in [2.24, 2.45) is 0 Å². The number of hydrogen-bond donors (Lipinski definition) is 7. The summed E-state index contributed by atoms with van der Waals surface area (Å²) in [6.45, 7) is 3.04. The molecule has 0 saturated carbocycles. The van der Waals surface area contributed by atoms with E-state index in [4.69, 9.17) is 14.0 Å². The largest absolute Gasteiger partial charge is 0.397 e. The number of aliphatic hydroxyl groups is 5. The van der Waals surface area contributed by atoms with Crippen molar-refractivity contribution >= 4 is 16.3 Å². The third kappa shape index (κ3) is 23.5. The van der Waals surface area contributed by atoms with Crippen molar-refractivity contribution in [3.63, 3.8) is 0 Å². The Morgan fingerprint density at radius 2 is 1.34 bits per heavy atom. The van der Waals surface area contributed by atoms with Gasteiger partial charge in [0.05, 0.1) is 25.4 Å². The van der Waals surface area contributed by atoms with Gasteiger partial charge < -0.3 is 40.3 Å². The molecule has 0 aromatic carbocycles. The second-order valence-electron chi connectivity index (χ2n) is 13.6. The van der Waals surface area contributed by atoms with Crippen LogP contribution in [-0.4, -0.2) is 107 Å². The molecule has 1 fully saturated rings. The van der Waals surface area contributed by atoms with Crippen LogP contribution in [0.25, 0.3) is 0 Å². The first-order chi connectivity index (χ1) is 25.4. The number of allylic oxidation sites excluding steroid dienone is 7. The van der Waals surface area contributed by atoms with E-state index < -0.39 is 78.5 Å². The predicted octanol–water partition coefficient (Wildman–Crippen LogP) is 5.12. The van der Waals surface area contributed by atoms with Crippen LogP contribution in [0.1, 0.15) is 129 Å². The summed E-state index contributed by atoms with van der Waals surface area (Å²) >= 11 is 0. The van der Waals surface area contributed by atoms with Gasteiger partial charge in [-0.15, -0.1) is 0 Å². The first kappa shape index (κ1) is 49.0. The Hall–Kier alpha value is -1.98. The van der Waals surface area contributed by atoms with Crippen LogP contribution in [0.2, 0.25) is 0 Å². The van der Waals surface area contributed by atoms with Gasteiger partial charge in [0.15, 0.2) is 6.29 Å². The van der Waals surface area contributed by atoms with Gasteiger partial charge in [0.25, 0.3) is 0 Å². The highest BCUT2D eigenvalue weighted by Gasteiger charge is 2.48. The molecule has 53 heavy (non-hydrogen) atoms. The number of rotatable bonds is 31. The molecule has 1 heterocycles. The molecule has 0 aliphatic carbocycles. The molecule has 0 aromatic heterocycles. The van der Waals surface area contributed by atoms with Crippen LogP contribution in [0, 0.1) is 0 Å². The molecule has 0 aromatic rings. The van der Waals surface area contributed by atoms with Gasteiger partial charge in [-0.1, -0.05) is 120 Å². The zero-order chi connectivity index (χ0) is 39.3. The van der Waals surface area contributed by atoms with Crippen molar-refractivity contribution in [2.45, 2.75) is 178 Å². The van der Waals surface area contributed by atoms with Crippen LogP contribution in [-0.2, 0) is 28.9 Å². The summed E-state index contributed by atoms with van der Waals surface area (Å²) in [7, 11) is -5.12. The van der Waals surface area contributed by atoms with Gasteiger partial charge in [0, 0.05) is 0 Å². The maximum atomic E-state index is 13.0. The molecular weight excluding hydrogens is 706 g/mol. The highest BCUT2D eigenvalue weighted by molar-refractivity contribution is 7.80. The lowest BCUT2D eigenvalue weighted by Gasteiger charge is -2.41. The summed E-state index contributed by atoms with van der Waals surface area (Å²) in [5.74, 6) is -0.728. The van der Waals surface area contributed by atoms with Crippen molar-refractivity contribution < 1.29 is 57.0 Å². The van der Waals surface area contributed by atoms with Gasteiger partial charge in [-0.2, -0.15) is 8.42 Å². The summed E-state index contributed by atoms with van der Waals surface area (Å²) in [6, 6.07) is -1.14. The first-order valence-electron chi connectivity index (χ1n) is 19.6. The fraction of sp³-hybridized carbons (Fsp3) is 0.769. The molecule has 1 aliphatic heterocycles. The summed E-state index contributed by atoms with van der Waals surface area (Å²) in [5.41, 5.74) is 0. The molecule has 7 N–H and O–H groups in total. The van der Waals surface area contributed by atoms with Crippen LogP contribution in [0.15, 0.2) is 48.6 Å². The molecule has 13 nitrogen and oxygen atoms in total. The lowest BCUT2D eigenvalue weighted by molar-refractivity contribution is -0.298. The Balaban J connectivity index is 2.64. The molecule has 1 amide bonds. The minimum atomic E-state index is -5.12. The molecule has 8 atom stereocenters. The van der Waals surface area contributed by atoms with Crippen LogP contribution in [0.5, 0.6) is 0 Å². The summed E-state index contributed by atoms with van der Waals surface area (Å²) < 4.78 is 47.2. The minimum absolute atomic E-state index is 0.222. The second kappa shape index (κ2) is 30.3. The number of ether oxygens (including phenoxy) is 2. The quantitative estimate of drug-likeness (QED) is 0.0278. The van der Waals surface area contributed by atoms with Crippen molar-refractivity contribution in [1.29, 1.82) is 0 Å². The van der Waals surface area contributed by atoms with Crippen molar-refractivity contribution in [3.8, 4) is 0 Å². The predicted molar refractivity (Wildman–Crippen MR) is 205 cm³/mol. The van der Waals surface area contributed by atoms with E-state index >= 15 is 0 Å². The van der Waals surface area contributed by atoms with Gasteiger partial charge >= 0.3 is 10.4 Å². The Bertz CT molecular complexity index is 1160. The number of carbonyl (C=O) groups is 1. The summed E-state index contributed by atoms with van der Waals surface area (Å²) in [6.07, 6.45) is 22.4. The van der Waals surface area contributed by atoms with E-state index in [2.05, 4.69) is 59.8 Å².